The molecule has 5 nitrogen and oxygen atoms in total. The Balaban J connectivity index is 1.62. The molecule has 1 heterocycles. The summed E-state index contributed by atoms with van der Waals surface area (Å²) in [6, 6.07) is 0. The summed E-state index contributed by atoms with van der Waals surface area (Å²) >= 11 is 0. The fraction of sp³-hybridized carbons (Fsp3) is 0.882. The van der Waals surface area contributed by atoms with E-state index in [0.29, 0.717) is 32.5 Å². The van der Waals surface area contributed by atoms with Crippen LogP contribution in [0.1, 0.15) is 57.8 Å². The lowest BCUT2D eigenvalue weighted by atomic mass is 9.91. The smallest absolute Gasteiger partial charge is 0.306 e. The highest BCUT2D eigenvalue weighted by molar-refractivity contribution is 5.81. The third kappa shape index (κ3) is 3.29. The van der Waals surface area contributed by atoms with Gasteiger partial charge in [0.15, 0.2) is 0 Å². The van der Waals surface area contributed by atoms with Gasteiger partial charge in [-0.3, -0.25) is 9.59 Å². The predicted molar refractivity (Wildman–Crippen MR) is 81.4 cm³/mol. The van der Waals surface area contributed by atoms with E-state index in [1.807, 2.05) is 4.90 Å². The van der Waals surface area contributed by atoms with Crippen molar-refractivity contribution in [3.05, 3.63) is 0 Å². The molecule has 1 spiro atoms. The normalized spacial score (nSPS) is 31.9. The first kappa shape index (κ1) is 15.8. The van der Waals surface area contributed by atoms with Gasteiger partial charge < -0.3 is 14.7 Å². The maximum atomic E-state index is 12.8. The molecule has 5 heteroatoms. The molecule has 0 bridgehead atoms. The highest BCUT2D eigenvalue weighted by Gasteiger charge is 2.42. The second-order valence-corrected chi connectivity index (χ2v) is 7.25. The minimum absolute atomic E-state index is 0.0953. The molecule has 1 saturated heterocycles. The van der Waals surface area contributed by atoms with Crippen molar-refractivity contribution in [2.24, 2.45) is 11.8 Å². The fourth-order valence-corrected chi connectivity index (χ4v) is 4.40. The summed E-state index contributed by atoms with van der Waals surface area (Å²) in [6.45, 7) is 2.00. The van der Waals surface area contributed by atoms with Crippen LogP contribution in [-0.2, 0) is 14.3 Å². The molecule has 2 saturated carbocycles. The molecule has 2 aliphatic carbocycles. The lowest BCUT2D eigenvalue weighted by molar-refractivity contribution is -0.156. The van der Waals surface area contributed by atoms with Crippen LogP contribution in [-0.4, -0.2) is 47.2 Å². The Morgan fingerprint density at radius 1 is 1.05 bits per heavy atom. The average molecular weight is 309 g/mol. The van der Waals surface area contributed by atoms with Gasteiger partial charge >= 0.3 is 5.97 Å². The third-order valence-electron chi connectivity index (χ3n) is 5.71. The maximum absolute atomic E-state index is 12.8. The van der Waals surface area contributed by atoms with E-state index in [1.165, 1.54) is 25.7 Å². The van der Waals surface area contributed by atoms with Gasteiger partial charge in [0, 0.05) is 19.0 Å². The second-order valence-electron chi connectivity index (χ2n) is 7.25. The highest BCUT2D eigenvalue weighted by Crippen LogP contribution is 2.36. The monoisotopic (exact) mass is 309 g/mol. The van der Waals surface area contributed by atoms with E-state index in [1.54, 1.807) is 0 Å². The molecule has 0 aromatic heterocycles. The minimum atomic E-state index is -0.752. The number of aliphatic carboxylic acids is 1. The third-order valence-corrected chi connectivity index (χ3v) is 5.71. The van der Waals surface area contributed by atoms with Crippen LogP contribution in [0.2, 0.25) is 0 Å². The van der Waals surface area contributed by atoms with Gasteiger partial charge in [0.05, 0.1) is 18.1 Å². The lowest BCUT2D eigenvalue weighted by Gasteiger charge is -2.43. The van der Waals surface area contributed by atoms with Gasteiger partial charge in [-0.05, 0) is 32.1 Å². The predicted octanol–water partition coefficient (Wildman–Crippen LogP) is 2.44. The van der Waals surface area contributed by atoms with E-state index in [0.717, 1.165) is 19.3 Å². The Kier molecular flexibility index (Phi) is 4.71. The van der Waals surface area contributed by atoms with E-state index in [2.05, 4.69) is 0 Å². The Bertz CT molecular complexity index is 428. The Hall–Kier alpha value is -1.10. The molecule has 124 valence electrons. The SMILES string of the molecule is O=C(O)[C@@H]1CC[C@H](C(=O)N2CCOC3(CCCCCC3)C2)C1. The zero-order valence-electron chi connectivity index (χ0n) is 13.3. The number of carbonyl (C=O) groups excluding carboxylic acids is 1. The van der Waals surface area contributed by atoms with E-state index in [-0.39, 0.29) is 23.3 Å². The number of carbonyl (C=O) groups is 2. The molecule has 3 rings (SSSR count). The van der Waals surface area contributed by atoms with Gasteiger partial charge in [-0.15, -0.1) is 0 Å². The first-order valence-corrected chi connectivity index (χ1v) is 8.75. The molecule has 3 fully saturated rings. The molecule has 22 heavy (non-hydrogen) atoms. The Morgan fingerprint density at radius 3 is 2.36 bits per heavy atom. The largest absolute Gasteiger partial charge is 0.481 e. The Morgan fingerprint density at radius 2 is 1.73 bits per heavy atom. The molecule has 0 aromatic carbocycles. The number of rotatable bonds is 2. The minimum Gasteiger partial charge on any atom is -0.481 e. The van der Waals surface area contributed by atoms with Crippen LogP contribution in [0, 0.1) is 11.8 Å². The maximum Gasteiger partial charge on any atom is 0.306 e. The van der Waals surface area contributed by atoms with Crippen molar-refractivity contribution in [1.82, 2.24) is 4.90 Å². The van der Waals surface area contributed by atoms with Crippen LogP contribution in [0.5, 0.6) is 0 Å². The fourth-order valence-electron chi connectivity index (χ4n) is 4.40. The number of ether oxygens (including phenoxy) is 1. The van der Waals surface area contributed by atoms with Gasteiger partial charge in [-0.1, -0.05) is 25.7 Å². The van der Waals surface area contributed by atoms with E-state index in [9.17, 15) is 9.59 Å². The zero-order chi connectivity index (χ0) is 15.6. The molecule has 3 aliphatic rings. The van der Waals surface area contributed by atoms with Crippen molar-refractivity contribution >= 4 is 11.9 Å². The van der Waals surface area contributed by atoms with Crippen molar-refractivity contribution in [2.75, 3.05) is 19.7 Å². The quantitative estimate of drug-likeness (QED) is 0.851. The van der Waals surface area contributed by atoms with Gasteiger partial charge in [-0.2, -0.15) is 0 Å². The van der Waals surface area contributed by atoms with Crippen molar-refractivity contribution in [1.29, 1.82) is 0 Å². The number of hydrogen-bond acceptors (Lipinski definition) is 3. The number of morpholine rings is 1. The number of nitrogens with zero attached hydrogens (tertiary/aromatic N) is 1. The lowest BCUT2D eigenvalue weighted by Crippen LogP contribution is -2.54. The summed E-state index contributed by atoms with van der Waals surface area (Å²) in [5.74, 6) is -1.02. The van der Waals surface area contributed by atoms with E-state index < -0.39 is 5.97 Å². The molecular weight excluding hydrogens is 282 g/mol. The summed E-state index contributed by atoms with van der Waals surface area (Å²) in [5, 5.41) is 9.11. The van der Waals surface area contributed by atoms with Crippen molar-refractivity contribution in [3.63, 3.8) is 0 Å². The second kappa shape index (κ2) is 6.57. The summed E-state index contributed by atoms with van der Waals surface area (Å²) in [6.07, 6.45) is 8.89. The number of amides is 1. The number of hydrogen-bond donors (Lipinski definition) is 1. The number of carboxylic acids is 1. The molecule has 0 radical (unpaired) electrons. The zero-order valence-corrected chi connectivity index (χ0v) is 13.3. The average Bonchev–Trinajstić information content (AvgIpc) is 2.91. The number of carboxylic acid groups (broad SMARTS) is 1. The summed E-state index contributed by atoms with van der Waals surface area (Å²) in [5.41, 5.74) is -0.130. The van der Waals surface area contributed by atoms with Crippen molar-refractivity contribution in [3.8, 4) is 0 Å². The first-order valence-electron chi connectivity index (χ1n) is 8.75. The van der Waals surface area contributed by atoms with Crippen molar-refractivity contribution < 1.29 is 19.4 Å². The molecule has 1 aliphatic heterocycles. The van der Waals surface area contributed by atoms with Crippen LogP contribution >= 0.6 is 0 Å². The van der Waals surface area contributed by atoms with Gasteiger partial charge in [0.1, 0.15) is 0 Å². The standard InChI is InChI=1S/C17H27NO4/c19-15(13-5-6-14(11-13)16(20)21)18-9-10-22-17(12-18)7-3-1-2-4-8-17/h13-14H,1-12H2,(H,20,21)/t13-,14+/m0/s1. The molecule has 1 N–H and O–H groups in total. The first-order chi connectivity index (χ1) is 10.6. The van der Waals surface area contributed by atoms with E-state index >= 15 is 0 Å². The van der Waals surface area contributed by atoms with Crippen LogP contribution in [0.15, 0.2) is 0 Å². The molecular formula is C17H27NO4. The van der Waals surface area contributed by atoms with Gasteiger partial charge in [0.25, 0.3) is 0 Å². The molecule has 0 unspecified atom stereocenters. The summed E-state index contributed by atoms with van der Waals surface area (Å²) < 4.78 is 6.10. The highest BCUT2D eigenvalue weighted by atomic mass is 16.5. The molecule has 0 aromatic rings. The summed E-state index contributed by atoms with van der Waals surface area (Å²) in [7, 11) is 0. The molecule has 1 amide bonds. The molecule has 2 atom stereocenters. The van der Waals surface area contributed by atoms with Crippen LogP contribution in [0.4, 0.5) is 0 Å². The van der Waals surface area contributed by atoms with Gasteiger partial charge in [-0.25, -0.2) is 0 Å². The topological polar surface area (TPSA) is 66.8 Å². The summed E-state index contributed by atoms with van der Waals surface area (Å²) in [4.78, 5) is 25.8. The Labute approximate surface area is 132 Å². The van der Waals surface area contributed by atoms with Gasteiger partial charge in [0.2, 0.25) is 5.91 Å². The van der Waals surface area contributed by atoms with Crippen LogP contribution in [0.3, 0.4) is 0 Å². The van der Waals surface area contributed by atoms with Crippen LogP contribution in [0.25, 0.3) is 0 Å². The van der Waals surface area contributed by atoms with Crippen LogP contribution < -0.4 is 0 Å². The van der Waals surface area contributed by atoms with E-state index in [4.69, 9.17) is 9.84 Å². The van der Waals surface area contributed by atoms with Crippen molar-refractivity contribution in [2.45, 2.75) is 63.4 Å².